The Morgan fingerprint density at radius 2 is 1.73 bits per heavy atom. The number of methoxy groups -OCH3 is 2. The summed E-state index contributed by atoms with van der Waals surface area (Å²) in [5, 5.41) is 0. The van der Waals surface area contributed by atoms with Gasteiger partial charge in [0.25, 0.3) is 0 Å². The van der Waals surface area contributed by atoms with Gasteiger partial charge in [-0.1, -0.05) is 0 Å². The zero-order valence-electron chi connectivity index (χ0n) is 10.7. The van der Waals surface area contributed by atoms with Gasteiger partial charge in [0.05, 0.1) is 13.2 Å². The van der Waals surface area contributed by atoms with E-state index in [-0.39, 0.29) is 4.75 Å². The van der Waals surface area contributed by atoms with Crippen LogP contribution in [0, 0.1) is 0 Å². The summed E-state index contributed by atoms with van der Waals surface area (Å²) in [4.78, 5) is 2.31. The summed E-state index contributed by atoms with van der Waals surface area (Å²) >= 11 is 1.96. The van der Waals surface area contributed by atoms with E-state index in [9.17, 15) is 0 Å². The van der Waals surface area contributed by atoms with Crippen LogP contribution in [0.25, 0.3) is 0 Å². The maximum Gasteiger partial charge on any atom is 0.0589 e. The monoisotopic (exact) mass is 235 g/mol. The van der Waals surface area contributed by atoms with Crippen LogP contribution in [0.3, 0.4) is 0 Å². The number of rotatable bonds is 9. The molecule has 0 unspecified atom stereocenters. The fraction of sp³-hybridized carbons (Fsp3) is 1.00. The van der Waals surface area contributed by atoms with Crippen molar-refractivity contribution >= 4 is 11.8 Å². The summed E-state index contributed by atoms with van der Waals surface area (Å²) in [7, 11) is 5.63. The van der Waals surface area contributed by atoms with Crippen molar-refractivity contribution in [3.63, 3.8) is 0 Å². The number of hydrogen-bond acceptors (Lipinski definition) is 4. The van der Waals surface area contributed by atoms with Crippen molar-refractivity contribution in [1.82, 2.24) is 4.90 Å². The fourth-order valence-corrected chi connectivity index (χ4v) is 2.54. The predicted molar refractivity (Wildman–Crippen MR) is 67.8 cm³/mol. The molecule has 92 valence electrons. The summed E-state index contributed by atoms with van der Waals surface area (Å²) in [6.45, 7) is 8.24. The van der Waals surface area contributed by atoms with Crippen LogP contribution >= 0.6 is 11.8 Å². The van der Waals surface area contributed by atoms with E-state index in [4.69, 9.17) is 9.47 Å². The van der Waals surface area contributed by atoms with Crippen LogP contribution in [-0.4, -0.2) is 63.0 Å². The molecular formula is C11H25NO2S. The molecule has 0 amide bonds. The van der Waals surface area contributed by atoms with Gasteiger partial charge < -0.3 is 14.4 Å². The van der Waals surface area contributed by atoms with Gasteiger partial charge in [-0.15, -0.1) is 0 Å². The zero-order chi connectivity index (χ0) is 11.7. The Hall–Kier alpha value is 0.230. The Balaban J connectivity index is 3.69. The molecule has 0 N–H and O–H groups in total. The van der Waals surface area contributed by atoms with E-state index >= 15 is 0 Å². The molecule has 0 aliphatic carbocycles. The Kier molecular flexibility index (Phi) is 8.52. The molecule has 3 nitrogen and oxygen atoms in total. The van der Waals surface area contributed by atoms with Crippen molar-refractivity contribution in [2.45, 2.75) is 18.6 Å². The normalized spacial score (nSPS) is 12.4. The molecule has 0 rings (SSSR count). The van der Waals surface area contributed by atoms with Gasteiger partial charge in [-0.3, -0.25) is 0 Å². The summed E-state index contributed by atoms with van der Waals surface area (Å²) in [5.74, 6) is 1.06. The lowest BCUT2D eigenvalue weighted by molar-refractivity contribution is 0.158. The van der Waals surface area contributed by atoms with Crippen molar-refractivity contribution in [2.75, 3.05) is 53.3 Å². The van der Waals surface area contributed by atoms with E-state index in [0.717, 1.165) is 32.1 Å². The number of nitrogens with zero attached hydrogens (tertiary/aromatic N) is 1. The molecule has 0 aromatic rings. The van der Waals surface area contributed by atoms with Gasteiger partial charge in [-0.05, 0) is 20.9 Å². The van der Waals surface area contributed by atoms with Crippen LogP contribution in [0.5, 0.6) is 0 Å². The highest BCUT2D eigenvalue weighted by atomic mass is 32.2. The molecule has 0 radical (unpaired) electrons. The smallest absolute Gasteiger partial charge is 0.0589 e. The molecule has 4 heteroatoms. The second kappa shape index (κ2) is 8.39. The quantitative estimate of drug-likeness (QED) is 0.567. The van der Waals surface area contributed by atoms with E-state index in [1.54, 1.807) is 14.2 Å². The third-order valence-corrected chi connectivity index (χ3v) is 3.39. The predicted octanol–water partition coefficient (Wildman–Crippen LogP) is 1.72. The Morgan fingerprint density at radius 1 is 1.13 bits per heavy atom. The first-order valence-corrected chi connectivity index (χ1v) is 6.31. The minimum absolute atomic E-state index is 0.279. The molecule has 0 heterocycles. The largest absolute Gasteiger partial charge is 0.384 e. The minimum Gasteiger partial charge on any atom is -0.384 e. The van der Waals surface area contributed by atoms with Crippen molar-refractivity contribution in [1.29, 1.82) is 0 Å². The van der Waals surface area contributed by atoms with Crippen LogP contribution in [0.4, 0.5) is 0 Å². The topological polar surface area (TPSA) is 21.7 Å². The van der Waals surface area contributed by atoms with Crippen molar-refractivity contribution in [3.8, 4) is 0 Å². The summed E-state index contributed by atoms with van der Waals surface area (Å²) < 4.78 is 10.4. The van der Waals surface area contributed by atoms with Crippen LogP contribution < -0.4 is 0 Å². The lowest BCUT2D eigenvalue weighted by Gasteiger charge is -2.29. The van der Waals surface area contributed by atoms with Gasteiger partial charge in [0.15, 0.2) is 0 Å². The highest BCUT2D eigenvalue weighted by Gasteiger charge is 2.20. The van der Waals surface area contributed by atoms with Crippen LogP contribution in [0.15, 0.2) is 0 Å². The number of hydrogen-bond donors (Lipinski definition) is 0. The zero-order valence-corrected chi connectivity index (χ0v) is 11.5. The van der Waals surface area contributed by atoms with Gasteiger partial charge in [0.2, 0.25) is 0 Å². The van der Waals surface area contributed by atoms with Crippen LogP contribution in [-0.2, 0) is 9.47 Å². The SMILES string of the molecule is COCCSC(C)(C)CN(C)CCOC. The minimum atomic E-state index is 0.279. The van der Waals surface area contributed by atoms with E-state index in [1.165, 1.54) is 0 Å². The first-order chi connectivity index (χ1) is 7.02. The van der Waals surface area contributed by atoms with Crippen LogP contribution in [0.2, 0.25) is 0 Å². The molecule has 0 atom stereocenters. The Labute approximate surface area is 98.5 Å². The average molecular weight is 235 g/mol. The molecule has 0 bridgehead atoms. The van der Waals surface area contributed by atoms with E-state index in [0.29, 0.717) is 0 Å². The van der Waals surface area contributed by atoms with Crippen molar-refractivity contribution in [3.05, 3.63) is 0 Å². The molecule has 0 saturated carbocycles. The highest BCUT2D eigenvalue weighted by molar-refractivity contribution is 8.00. The molecule has 0 aliphatic rings. The number of thioether (sulfide) groups is 1. The van der Waals surface area contributed by atoms with Gasteiger partial charge in [-0.25, -0.2) is 0 Å². The molecular weight excluding hydrogens is 210 g/mol. The first kappa shape index (κ1) is 15.2. The summed E-state index contributed by atoms with van der Waals surface area (Å²) in [5.41, 5.74) is 0. The first-order valence-electron chi connectivity index (χ1n) is 5.32. The van der Waals surface area contributed by atoms with Gasteiger partial charge >= 0.3 is 0 Å². The molecule has 0 aromatic carbocycles. The fourth-order valence-electron chi connectivity index (χ4n) is 1.42. The van der Waals surface area contributed by atoms with Gasteiger partial charge in [0, 0.05) is 37.8 Å². The van der Waals surface area contributed by atoms with Crippen molar-refractivity contribution < 1.29 is 9.47 Å². The van der Waals surface area contributed by atoms with E-state index < -0.39 is 0 Å². The lowest BCUT2D eigenvalue weighted by atomic mass is 10.2. The standard InChI is InChI=1S/C11H25NO2S/c1-11(2,15-9-8-14-5)10-12(3)6-7-13-4/h6-10H2,1-5H3. The number of likely N-dealkylation sites (N-methyl/N-ethyl adjacent to an activating group) is 1. The third-order valence-electron chi connectivity index (χ3n) is 2.11. The number of ether oxygens (including phenoxy) is 2. The molecule has 0 fully saturated rings. The molecule has 15 heavy (non-hydrogen) atoms. The van der Waals surface area contributed by atoms with Gasteiger partial charge in [0.1, 0.15) is 0 Å². The maximum atomic E-state index is 5.06. The molecule has 0 aromatic heterocycles. The highest BCUT2D eigenvalue weighted by Crippen LogP contribution is 2.24. The molecule has 0 spiro atoms. The Bertz CT molecular complexity index is 154. The maximum absolute atomic E-state index is 5.06. The second-order valence-electron chi connectivity index (χ2n) is 4.33. The summed E-state index contributed by atoms with van der Waals surface area (Å²) in [6.07, 6.45) is 0. The van der Waals surface area contributed by atoms with E-state index in [1.807, 2.05) is 11.8 Å². The van der Waals surface area contributed by atoms with Gasteiger partial charge in [-0.2, -0.15) is 11.8 Å². The van der Waals surface area contributed by atoms with E-state index in [2.05, 4.69) is 25.8 Å². The van der Waals surface area contributed by atoms with Crippen molar-refractivity contribution in [2.24, 2.45) is 0 Å². The lowest BCUT2D eigenvalue weighted by Crippen LogP contribution is -2.36. The van der Waals surface area contributed by atoms with Crippen LogP contribution in [0.1, 0.15) is 13.8 Å². The molecule has 0 saturated heterocycles. The average Bonchev–Trinajstić information content (AvgIpc) is 2.14. The third kappa shape index (κ3) is 9.18. The Morgan fingerprint density at radius 3 is 2.27 bits per heavy atom. The molecule has 0 aliphatic heterocycles. The second-order valence-corrected chi connectivity index (χ2v) is 6.13. The summed E-state index contributed by atoms with van der Waals surface area (Å²) in [6, 6.07) is 0.